The predicted octanol–water partition coefficient (Wildman–Crippen LogP) is 1.73. The Balaban J connectivity index is 1.60. The molecule has 4 rings (SSSR count). The Morgan fingerprint density at radius 1 is 1.20 bits per heavy atom. The fraction of sp³-hybridized carbons (Fsp3) is 0.400. The van der Waals surface area contributed by atoms with Crippen LogP contribution in [0.1, 0.15) is 17.9 Å². The van der Waals surface area contributed by atoms with Gasteiger partial charge in [0.1, 0.15) is 11.5 Å². The van der Waals surface area contributed by atoms with Crippen molar-refractivity contribution < 1.29 is 14.0 Å². The van der Waals surface area contributed by atoms with Crippen molar-refractivity contribution in [3.8, 4) is 0 Å². The summed E-state index contributed by atoms with van der Waals surface area (Å²) in [6.45, 7) is 1.83. The average molecular weight is 270 g/mol. The molecule has 2 amide bonds. The van der Waals surface area contributed by atoms with Crippen LogP contribution in [0.4, 0.5) is 0 Å². The van der Waals surface area contributed by atoms with Gasteiger partial charge in [0.25, 0.3) is 11.8 Å². The standard InChI is InChI=1S/C15H14N2O3/c1-8-2-5-11(20-8)7-16-17-14(18)12-9-3-4-10(6-9)13(12)15(17)19/h2-5,7,9-10,12-13H,6H2,1H3/b16-7-/t9-,10-,12-,13-/m0/s1. The van der Waals surface area contributed by atoms with E-state index in [0.717, 1.165) is 17.2 Å². The summed E-state index contributed by atoms with van der Waals surface area (Å²) < 4.78 is 5.35. The molecule has 2 aliphatic carbocycles. The zero-order valence-electron chi connectivity index (χ0n) is 11.0. The summed E-state index contributed by atoms with van der Waals surface area (Å²) in [5, 5.41) is 5.06. The molecule has 1 aromatic heterocycles. The number of furan rings is 1. The van der Waals surface area contributed by atoms with E-state index in [2.05, 4.69) is 17.3 Å². The van der Waals surface area contributed by atoms with Crippen molar-refractivity contribution in [1.29, 1.82) is 0 Å². The van der Waals surface area contributed by atoms with Crippen molar-refractivity contribution in [1.82, 2.24) is 5.01 Å². The minimum Gasteiger partial charge on any atom is -0.460 e. The van der Waals surface area contributed by atoms with Gasteiger partial charge >= 0.3 is 0 Å². The Kier molecular flexibility index (Phi) is 2.28. The molecule has 0 radical (unpaired) electrons. The Labute approximate surface area is 115 Å². The lowest BCUT2D eigenvalue weighted by Gasteiger charge is -2.13. The number of aryl methyl sites for hydroxylation is 1. The zero-order valence-corrected chi connectivity index (χ0v) is 11.0. The minimum absolute atomic E-state index is 0.170. The molecule has 20 heavy (non-hydrogen) atoms. The van der Waals surface area contributed by atoms with E-state index in [4.69, 9.17) is 4.42 Å². The second-order valence-corrected chi connectivity index (χ2v) is 5.68. The van der Waals surface area contributed by atoms with Gasteiger partial charge in [0, 0.05) is 0 Å². The van der Waals surface area contributed by atoms with Crippen molar-refractivity contribution >= 4 is 18.0 Å². The number of hydrogen-bond donors (Lipinski definition) is 0. The molecular formula is C15H14N2O3. The van der Waals surface area contributed by atoms with Crippen LogP contribution in [-0.4, -0.2) is 23.0 Å². The fourth-order valence-electron chi connectivity index (χ4n) is 3.64. The quantitative estimate of drug-likeness (QED) is 0.467. The average Bonchev–Trinajstić information content (AvgIpc) is 3.15. The number of hydrazone groups is 1. The molecule has 0 N–H and O–H groups in total. The summed E-state index contributed by atoms with van der Waals surface area (Å²) in [7, 11) is 0. The van der Waals surface area contributed by atoms with Gasteiger partial charge in [-0.3, -0.25) is 9.59 Å². The van der Waals surface area contributed by atoms with Crippen LogP contribution in [0, 0.1) is 30.6 Å². The van der Waals surface area contributed by atoms with Crippen LogP contribution in [0.2, 0.25) is 0 Å². The van der Waals surface area contributed by atoms with E-state index in [1.165, 1.54) is 6.21 Å². The van der Waals surface area contributed by atoms with E-state index >= 15 is 0 Å². The lowest BCUT2D eigenvalue weighted by Crippen LogP contribution is -2.28. The molecular weight excluding hydrogens is 256 g/mol. The highest BCUT2D eigenvalue weighted by molar-refractivity contribution is 6.06. The van der Waals surface area contributed by atoms with Crippen LogP contribution in [0.25, 0.3) is 0 Å². The van der Waals surface area contributed by atoms with Crippen molar-refractivity contribution in [3.05, 3.63) is 35.8 Å². The molecule has 3 aliphatic rings. The number of carbonyl (C=O) groups excluding carboxylic acids is 2. The van der Waals surface area contributed by atoms with Gasteiger partial charge < -0.3 is 4.42 Å². The maximum atomic E-state index is 12.3. The third kappa shape index (κ3) is 1.46. The molecule has 0 unspecified atom stereocenters. The number of nitrogens with zero attached hydrogens (tertiary/aromatic N) is 2. The van der Waals surface area contributed by atoms with Crippen molar-refractivity contribution in [3.63, 3.8) is 0 Å². The first kappa shape index (κ1) is 11.6. The number of rotatable bonds is 2. The molecule has 102 valence electrons. The maximum absolute atomic E-state index is 12.3. The van der Waals surface area contributed by atoms with Crippen molar-refractivity contribution in [2.24, 2.45) is 28.8 Å². The molecule has 4 atom stereocenters. The molecule has 2 fully saturated rings. The normalized spacial score (nSPS) is 34.8. The molecule has 0 aromatic carbocycles. The number of hydrogen-bond acceptors (Lipinski definition) is 4. The summed E-state index contributed by atoms with van der Waals surface area (Å²) >= 11 is 0. The van der Waals surface area contributed by atoms with Gasteiger partial charge in [-0.25, -0.2) is 0 Å². The minimum atomic E-state index is -0.201. The zero-order chi connectivity index (χ0) is 13.9. The Morgan fingerprint density at radius 3 is 2.40 bits per heavy atom. The topological polar surface area (TPSA) is 62.9 Å². The molecule has 5 nitrogen and oxygen atoms in total. The summed E-state index contributed by atoms with van der Waals surface area (Å²) in [6, 6.07) is 3.57. The highest BCUT2D eigenvalue weighted by atomic mass is 16.3. The number of imide groups is 1. The van der Waals surface area contributed by atoms with E-state index in [1.807, 2.05) is 13.0 Å². The summed E-state index contributed by atoms with van der Waals surface area (Å²) in [6.07, 6.45) is 6.50. The molecule has 2 heterocycles. The van der Waals surface area contributed by atoms with Crippen LogP contribution < -0.4 is 0 Å². The van der Waals surface area contributed by atoms with Gasteiger partial charge in [0.2, 0.25) is 0 Å². The van der Waals surface area contributed by atoms with Gasteiger partial charge in [-0.1, -0.05) is 12.2 Å². The van der Waals surface area contributed by atoms with Gasteiger partial charge in [0.15, 0.2) is 0 Å². The number of allylic oxidation sites excluding steroid dienone is 2. The summed E-state index contributed by atoms with van der Waals surface area (Å²) in [4.78, 5) is 24.7. The first-order valence-corrected chi connectivity index (χ1v) is 6.82. The third-order valence-corrected chi connectivity index (χ3v) is 4.51. The Hall–Kier alpha value is -2.17. The van der Waals surface area contributed by atoms with Crippen LogP contribution >= 0.6 is 0 Å². The molecule has 0 spiro atoms. The second kappa shape index (κ2) is 3.91. The van der Waals surface area contributed by atoms with Crippen molar-refractivity contribution in [2.45, 2.75) is 13.3 Å². The smallest absolute Gasteiger partial charge is 0.254 e. The number of fused-ring (bicyclic) bond motifs is 5. The van der Waals surface area contributed by atoms with Gasteiger partial charge in [-0.2, -0.15) is 10.1 Å². The summed E-state index contributed by atoms with van der Waals surface area (Å²) in [5.74, 6) is 1.000. The lowest BCUT2D eigenvalue weighted by molar-refractivity contribution is -0.140. The second-order valence-electron chi connectivity index (χ2n) is 5.68. The number of amides is 2. The molecule has 5 heteroatoms. The van der Waals surface area contributed by atoms with E-state index in [0.29, 0.717) is 5.76 Å². The number of carbonyl (C=O) groups is 2. The SMILES string of the molecule is Cc1ccc(/C=N\N2C(=O)[C@@H]3[C@@H](C2=O)[C@H]2C=C[C@H]3C2)o1. The van der Waals surface area contributed by atoms with Gasteiger partial charge in [-0.05, 0) is 37.3 Å². The molecule has 1 saturated carbocycles. The first-order valence-electron chi connectivity index (χ1n) is 6.82. The Bertz CT molecular complexity index is 628. The largest absolute Gasteiger partial charge is 0.460 e. The maximum Gasteiger partial charge on any atom is 0.254 e. The Morgan fingerprint density at radius 2 is 1.85 bits per heavy atom. The van der Waals surface area contributed by atoms with Crippen LogP contribution in [0.3, 0.4) is 0 Å². The molecule has 1 aromatic rings. The molecule has 1 saturated heterocycles. The van der Waals surface area contributed by atoms with Crippen LogP contribution in [0.5, 0.6) is 0 Å². The highest BCUT2D eigenvalue weighted by Gasteiger charge is 2.59. The van der Waals surface area contributed by atoms with E-state index in [1.54, 1.807) is 6.07 Å². The monoisotopic (exact) mass is 270 g/mol. The lowest BCUT2D eigenvalue weighted by atomic mass is 9.85. The van der Waals surface area contributed by atoms with E-state index < -0.39 is 0 Å². The first-order chi connectivity index (χ1) is 9.65. The van der Waals surface area contributed by atoms with E-state index in [9.17, 15) is 9.59 Å². The van der Waals surface area contributed by atoms with Crippen LogP contribution in [0.15, 0.2) is 33.8 Å². The van der Waals surface area contributed by atoms with Gasteiger partial charge in [-0.15, -0.1) is 0 Å². The van der Waals surface area contributed by atoms with Gasteiger partial charge in [0.05, 0.1) is 18.1 Å². The van der Waals surface area contributed by atoms with Crippen LogP contribution in [-0.2, 0) is 9.59 Å². The molecule has 1 aliphatic heterocycles. The highest BCUT2D eigenvalue weighted by Crippen LogP contribution is 2.52. The predicted molar refractivity (Wildman–Crippen MR) is 70.6 cm³/mol. The third-order valence-electron chi connectivity index (χ3n) is 4.51. The van der Waals surface area contributed by atoms with Crippen molar-refractivity contribution in [2.75, 3.05) is 0 Å². The molecule has 2 bridgehead atoms. The van der Waals surface area contributed by atoms with E-state index in [-0.39, 0.29) is 35.5 Å². The fourth-order valence-corrected chi connectivity index (χ4v) is 3.64. The summed E-state index contributed by atoms with van der Waals surface area (Å²) in [5.41, 5.74) is 0.